The normalized spacial score (nSPS) is 11.7. The number of hydrogen-bond donors (Lipinski definition) is 1. The van der Waals surface area contributed by atoms with Crippen molar-refractivity contribution in [3.8, 4) is 0 Å². The van der Waals surface area contributed by atoms with Gasteiger partial charge in [-0.05, 0) is 12.5 Å². The SMILES string of the molecule is C=C(Br)CNCC(C)=CCl. The van der Waals surface area contributed by atoms with Gasteiger partial charge in [-0.1, -0.05) is 34.1 Å². The fourth-order valence-electron chi connectivity index (χ4n) is 0.434. The van der Waals surface area contributed by atoms with Crippen molar-refractivity contribution >= 4 is 27.5 Å². The molecule has 0 aliphatic rings. The Hall–Kier alpha value is 0.210. The van der Waals surface area contributed by atoms with Gasteiger partial charge in [0.15, 0.2) is 0 Å². The molecule has 0 aromatic rings. The lowest BCUT2D eigenvalue weighted by Gasteiger charge is -2.01. The summed E-state index contributed by atoms with van der Waals surface area (Å²) in [5.74, 6) is 0. The van der Waals surface area contributed by atoms with Crippen LogP contribution in [-0.4, -0.2) is 13.1 Å². The average molecular weight is 225 g/mol. The number of rotatable bonds is 4. The van der Waals surface area contributed by atoms with E-state index in [4.69, 9.17) is 11.6 Å². The van der Waals surface area contributed by atoms with Gasteiger partial charge in [-0.25, -0.2) is 0 Å². The number of hydrogen-bond acceptors (Lipinski definition) is 1. The first kappa shape index (κ1) is 10.2. The van der Waals surface area contributed by atoms with E-state index in [0.717, 1.165) is 23.1 Å². The molecule has 0 aromatic heterocycles. The molecule has 0 bridgehead atoms. The molecular formula is C7H11BrClN. The molecule has 1 nitrogen and oxygen atoms in total. The van der Waals surface area contributed by atoms with Gasteiger partial charge < -0.3 is 5.32 Å². The summed E-state index contributed by atoms with van der Waals surface area (Å²) in [5, 5.41) is 3.14. The van der Waals surface area contributed by atoms with Crippen LogP contribution in [0.2, 0.25) is 0 Å². The summed E-state index contributed by atoms with van der Waals surface area (Å²) in [5.41, 5.74) is 2.69. The minimum atomic E-state index is 0.780. The molecule has 0 spiro atoms. The standard InChI is InChI=1S/C7H11BrClN/c1-6(3-9)4-10-5-7(2)8/h3,10H,2,4-5H2,1H3. The summed E-state index contributed by atoms with van der Waals surface area (Å²) < 4.78 is 0.954. The second kappa shape index (κ2) is 5.96. The minimum absolute atomic E-state index is 0.780. The summed E-state index contributed by atoms with van der Waals surface area (Å²) in [7, 11) is 0. The van der Waals surface area contributed by atoms with Gasteiger partial charge in [-0.3, -0.25) is 0 Å². The van der Waals surface area contributed by atoms with E-state index in [1.807, 2.05) is 6.92 Å². The van der Waals surface area contributed by atoms with Gasteiger partial charge in [0.2, 0.25) is 0 Å². The van der Waals surface area contributed by atoms with Crippen LogP contribution in [0.4, 0.5) is 0 Å². The van der Waals surface area contributed by atoms with Crippen molar-refractivity contribution in [1.29, 1.82) is 0 Å². The zero-order valence-corrected chi connectivity index (χ0v) is 8.30. The van der Waals surface area contributed by atoms with Crippen LogP contribution in [0.1, 0.15) is 6.92 Å². The third kappa shape index (κ3) is 6.33. The van der Waals surface area contributed by atoms with E-state index in [-0.39, 0.29) is 0 Å². The Kier molecular flexibility index (Phi) is 6.08. The Morgan fingerprint density at radius 2 is 2.30 bits per heavy atom. The van der Waals surface area contributed by atoms with Crippen LogP contribution in [0, 0.1) is 0 Å². The molecule has 3 heteroatoms. The molecule has 10 heavy (non-hydrogen) atoms. The van der Waals surface area contributed by atoms with Crippen LogP contribution < -0.4 is 5.32 Å². The minimum Gasteiger partial charge on any atom is -0.308 e. The lowest BCUT2D eigenvalue weighted by Crippen LogP contribution is -2.16. The fourth-order valence-corrected chi connectivity index (χ4v) is 0.709. The number of halogens is 2. The van der Waals surface area contributed by atoms with Crippen LogP contribution in [0.25, 0.3) is 0 Å². The zero-order chi connectivity index (χ0) is 7.98. The highest BCUT2D eigenvalue weighted by molar-refractivity contribution is 9.11. The topological polar surface area (TPSA) is 12.0 Å². The van der Waals surface area contributed by atoms with Crippen molar-refractivity contribution in [2.75, 3.05) is 13.1 Å². The van der Waals surface area contributed by atoms with E-state index in [0.29, 0.717) is 0 Å². The molecular weight excluding hydrogens is 213 g/mol. The second-order valence-electron chi connectivity index (χ2n) is 2.08. The Labute approximate surface area is 75.3 Å². The molecule has 0 saturated heterocycles. The van der Waals surface area contributed by atoms with E-state index in [9.17, 15) is 0 Å². The summed E-state index contributed by atoms with van der Waals surface area (Å²) in [6, 6.07) is 0. The third-order valence-electron chi connectivity index (χ3n) is 0.907. The summed E-state index contributed by atoms with van der Waals surface area (Å²) in [6.45, 7) is 7.24. The van der Waals surface area contributed by atoms with Crippen molar-refractivity contribution in [3.63, 3.8) is 0 Å². The van der Waals surface area contributed by atoms with Crippen LogP contribution >= 0.6 is 27.5 Å². The van der Waals surface area contributed by atoms with Gasteiger partial charge in [-0.15, -0.1) is 0 Å². The monoisotopic (exact) mass is 223 g/mol. The molecule has 0 aliphatic carbocycles. The van der Waals surface area contributed by atoms with Gasteiger partial charge >= 0.3 is 0 Å². The van der Waals surface area contributed by atoms with Crippen molar-refractivity contribution in [1.82, 2.24) is 5.32 Å². The van der Waals surface area contributed by atoms with Gasteiger partial charge in [0.25, 0.3) is 0 Å². The second-order valence-corrected chi connectivity index (χ2v) is 3.42. The maximum atomic E-state index is 5.43. The molecule has 1 N–H and O–H groups in total. The van der Waals surface area contributed by atoms with Crippen LogP contribution in [0.15, 0.2) is 22.2 Å². The number of nitrogens with one attached hydrogen (secondary N) is 1. The molecule has 0 amide bonds. The summed E-state index contributed by atoms with van der Waals surface area (Å²) in [4.78, 5) is 0. The van der Waals surface area contributed by atoms with E-state index >= 15 is 0 Å². The Bertz CT molecular complexity index is 143. The van der Waals surface area contributed by atoms with Crippen molar-refractivity contribution in [2.45, 2.75) is 6.92 Å². The Morgan fingerprint density at radius 3 is 2.70 bits per heavy atom. The highest BCUT2D eigenvalue weighted by atomic mass is 79.9. The predicted octanol–water partition coefficient (Wildman–Crippen LogP) is 2.63. The maximum absolute atomic E-state index is 5.43. The molecule has 0 aliphatic heterocycles. The van der Waals surface area contributed by atoms with Crippen molar-refractivity contribution < 1.29 is 0 Å². The van der Waals surface area contributed by atoms with Gasteiger partial charge in [0.1, 0.15) is 0 Å². The molecule has 0 unspecified atom stereocenters. The molecule has 0 saturated carbocycles. The van der Waals surface area contributed by atoms with Gasteiger partial charge in [0.05, 0.1) is 0 Å². The molecule has 0 heterocycles. The molecule has 0 rings (SSSR count). The smallest absolute Gasteiger partial charge is 0.0268 e. The zero-order valence-electron chi connectivity index (χ0n) is 5.95. The Morgan fingerprint density at radius 1 is 1.70 bits per heavy atom. The first-order valence-corrected chi connectivity index (χ1v) is 4.19. The van der Waals surface area contributed by atoms with Crippen LogP contribution in [-0.2, 0) is 0 Å². The molecule has 0 atom stereocenters. The molecule has 0 aromatic carbocycles. The first-order valence-electron chi connectivity index (χ1n) is 2.96. The van der Waals surface area contributed by atoms with Crippen LogP contribution in [0.5, 0.6) is 0 Å². The molecule has 0 fully saturated rings. The average Bonchev–Trinajstić information content (AvgIpc) is 1.87. The van der Waals surface area contributed by atoms with Crippen molar-refractivity contribution in [3.05, 3.63) is 22.2 Å². The highest BCUT2D eigenvalue weighted by Gasteiger charge is 1.88. The van der Waals surface area contributed by atoms with Crippen LogP contribution in [0.3, 0.4) is 0 Å². The lowest BCUT2D eigenvalue weighted by molar-refractivity contribution is 0.812. The molecule has 58 valence electrons. The maximum Gasteiger partial charge on any atom is 0.0268 e. The lowest BCUT2D eigenvalue weighted by atomic mass is 10.3. The van der Waals surface area contributed by atoms with E-state index < -0.39 is 0 Å². The van der Waals surface area contributed by atoms with Gasteiger partial charge in [-0.2, -0.15) is 0 Å². The van der Waals surface area contributed by atoms with Crippen molar-refractivity contribution in [2.24, 2.45) is 0 Å². The van der Waals surface area contributed by atoms with E-state index in [2.05, 4.69) is 27.8 Å². The first-order chi connectivity index (χ1) is 4.66. The largest absolute Gasteiger partial charge is 0.308 e. The van der Waals surface area contributed by atoms with E-state index in [1.165, 1.54) is 0 Å². The predicted molar refractivity (Wildman–Crippen MR) is 50.5 cm³/mol. The summed E-state index contributed by atoms with van der Waals surface area (Å²) in [6.07, 6.45) is 0. The van der Waals surface area contributed by atoms with E-state index in [1.54, 1.807) is 5.54 Å². The summed E-state index contributed by atoms with van der Waals surface area (Å²) >= 11 is 8.67. The fraction of sp³-hybridized carbons (Fsp3) is 0.429. The highest BCUT2D eigenvalue weighted by Crippen LogP contribution is 1.98. The van der Waals surface area contributed by atoms with Gasteiger partial charge in [0, 0.05) is 23.1 Å². The molecule has 0 radical (unpaired) electrons. The third-order valence-corrected chi connectivity index (χ3v) is 1.56. The quantitative estimate of drug-likeness (QED) is 0.774. The Balaban J connectivity index is 3.29.